The van der Waals surface area contributed by atoms with Crippen molar-refractivity contribution in [3.05, 3.63) is 23.3 Å². The van der Waals surface area contributed by atoms with Crippen LogP contribution in [0.1, 0.15) is 0 Å². The summed E-state index contributed by atoms with van der Waals surface area (Å²) in [4.78, 5) is 1.62. The van der Waals surface area contributed by atoms with Crippen molar-refractivity contribution in [2.45, 2.75) is 9.79 Å². The van der Waals surface area contributed by atoms with Gasteiger partial charge in [-0.25, -0.2) is 0 Å². The molecule has 0 nitrogen and oxygen atoms in total. The van der Waals surface area contributed by atoms with Gasteiger partial charge in [-0.2, -0.15) is 4.39 Å². The average molecular weight is 230 g/mol. The van der Waals surface area contributed by atoms with E-state index in [1.54, 1.807) is 11.8 Å². The van der Waals surface area contributed by atoms with Crippen LogP contribution >= 0.6 is 35.7 Å². The first-order valence-corrected chi connectivity index (χ1v) is 6.16. The largest absolute Gasteiger partial charge is 0.194 e. The summed E-state index contributed by atoms with van der Waals surface area (Å²) in [6.45, 7) is 0. The van der Waals surface area contributed by atoms with Crippen LogP contribution in [0.15, 0.2) is 28.0 Å². The van der Waals surface area contributed by atoms with Crippen LogP contribution in [-0.4, -0.2) is 6.26 Å². The zero-order chi connectivity index (χ0) is 9.42. The molecule has 1 aromatic heterocycles. The van der Waals surface area contributed by atoms with Crippen molar-refractivity contribution < 1.29 is 4.39 Å². The fourth-order valence-corrected chi connectivity index (χ4v) is 2.95. The summed E-state index contributed by atoms with van der Waals surface area (Å²) in [5.41, 5.74) is 0. The molecule has 1 aromatic carbocycles. The maximum absolute atomic E-state index is 13.1. The van der Waals surface area contributed by atoms with Crippen molar-refractivity contribution in [3.8, 4) is 0 Å². The quantitative estimate of drug-likeness (QED) is 0.569. The summed E-state index contributed by atoms with van der Waals surface area (Å²) in [7, 11) is 0. The lowest BCUT2D eigenvalue weighted by molar-refractivity contribution is 0.636. The highest BCUT2D eigenvalue weighted by atomic mass is 32.2. The Morgan fingerprint density at radius 2 is 2.23 bits per heavy atom. The molecule has 0 radical (unpaired) electrons. The molecule has 4 heteroatoms. The molecule has 0 spiro atoms. The third kappa shape index (κ3) is 1.58. The lowest BCUT2D eigenvalue weighted by Crippen LogP contribution is -1.69. The van der Waals surface area contributed by atoms with E-state index in [1.165, 1.54) is 0 Å². The van der Waals surface area contributed by atoms with Crippen LogP contribution < -0.4 is 0 Å². The van der Waals surface area contributed by atoms with E-state index in [1.807, 2.05) is 24.5 Å². The molecular weight excluding hydrogens is 223 g/mol. The molecule has 13 heavy (non-hydrogen) atoms. The predicted octanol–water partition coefficient (Wildman–Crippen LogP) is 4.05. The molecule has 0 aliphatic carbocycles. The summed E-state index contributed by atoms with van der Waals surface area (Å²) in [6.07, 6.45) is 2.01. The number of fused-ring (bicyclic) bond motifs is 1. The van der Waals surface area contributed by atoms with Gasteiger partial charge in [-0.05, 0) is 18.4 Å². The first kappa shape index (κ1) is 9.37. The first-order valence-electron chi connectivity index (χ1n) is 3.67. The number of hydrogen-bond donors (Lipinski definition) is 1. The molecular formula is C9H7FS3. The molecule has 0 saturated carbocycles. The number of hydrogen-bond acceptors (Lipinski definition) is 3. The van der Waals surface area contributed by atoms with Crippen molar-refractivity contribution in [3.63, 3.8) is 0 Å². The van der Waals surface area contributed by atoms with Crippen molar-refractivity contribution >= 4 is 45.8 Å². The first-order chi connectivity index (χ1) is 6.22. The molecule has 0 unspecified atom stereocenters. The van der Waals surface area contributed by atoms with E-state index in [2.05, 4.69) is 12.6 Å². The van der Waals surface area contributed by atoms with E-state index < -0.39 is 0 Å². The van der Waals surface area contributed by atoms with Crippen molar-refractivity contribution in [2.75, 3.05) is 6.26 Å². The van der Waals surface area contributed by atoms with Gasteiger partial charge in [-0.3, -0.25) is 0 Å². The third-order valence-electron chi connectivity index (χ3n) is 1.83. The summed E-state index contributed by atoms with van der Waals surface area (Å²) >= 11 is 6.92. The molecule has 2 aromatic rings. The minimum atomic E-state index is -0.198. The van der Waals surface area contributed by atoms with E-state index in [0.717, 1.165) is 26.3 Å². The van der Waals surface area contributed by atoms with Crippen LogP contribution in [0.4, 0.5) is 4.39 Å². The summed E-state index contributed by atoms with van der Waals surface area (Å²) in [5.74, 6) is 0. The third-order valence-corrected chi connectivity index (χ3v) is 4.08. The lowest BCUT2D eigenvalue weighted by atomic mass is 10.3. The number of rotatable bonds is 1. The molecule has 0 aliphatic heterocycles. The molecule has 0 aliphatic rings. The van der Waals surface area contributed by atoms with Gasteiger partial charge in [0.15, 0.2) is 5.13 Å². The Balaban J connectivity index is 2.73. The average Bonchev–Trinajstić information content (AvgIpc) is 2.42. The van der Waals surface area contributed by atoms with Crippen LogP contribution in [0.25, 0.3) is 10.1 Å². The Bertz CT molecular complexity index is 447. The summed E-state index contributed by atoms with van der Waals surface area (Å²) in [5, 5.41) is 0.709. The Kier molecular flexibility index (Phi) is 2.53. The number of thioether (sulfide) groups is 1. The van der Waals surface area contributed by atoms with Gasteiger partial charge in [-0.15, -0.1) is 35.7 Å². The van der Waals surface area contributed by atoms with Gasteiger partial charge in [0.2, 0.25) is 0 Å². The maximum Gasteiger partial charge on any atom is 0.190 e. The predicted molar refractivity (Wildman–Crippen MR) is 60.8 cm³/mol. The van der Waals surface area contributed by atoms with Gasteiger partial charge in [0.25, 0.3) is 0 Å². The van der Waals surface area contributed by atoms with Gasteiger partial charge in [-0.1, -0.05) is 6.07 Å². The second-order valence-corrected chi connectivity index (χ2v) is 4.92. The second kappa shape index (κ2) is 3.52. The lowest BCUT2D eigenvalue weighted by Gasteiger charge is -1.95. The van der Waals surface area contributed by atoms with Crippen molar-refractivity contribution in [2.24, 2.45) is 0 Å². The molecule has 0 saturated heterocycles. The highest BCUT2D eigenvalue weighted by Gasteiger charge is 2.08. The fourth-order valence-electron chi connectivity index (χ4n) is 1.16. The highest BCUT2D eigenvalue weighted by molar-refractivity contribution is 7.98. The van der Waals surface area contributed by atoms with E-state index in [0.29, 0.717) is 4.90 Å². The molecule has 0 N–H and O–H groups in total. The summed E-state index contributed by atoms with van der Waals surface area (Å²) in [6, 6.07) is 5.90. The normalized spacial score (nSPS) is 11.0. The topological polar surface area (TPSA) is 0 Å². The highest BCUT2D eigenvalue weighted by Crippen LogP contribution is 2.34. The van der Waals surface area contributed by atoms with Gasteiger partial charge in [0, 0.05) is 15.0 Å². The molecule has 0 fully saturated rings. The summed E-state index contributed by atoms with van der Waals surface area (Å²) < 4.78 is 14.1. The second-order valence-electron chi connectivity index (χ2n) is 2.59. The Labute approximate surface area is 89.6 Å². The SMILES string of the molecule is CSc1ccc2c(S)c(F)sc2c1. The molecule has 0 amide bonds. The number of thiol groups is 1. The van der Waals surface area contributed by atoms with E-state index in [4.69, 9.17) is 0 Å². The van der Waals surface area contributed by atoms with E-state index in [9.17, 15) is 4.39 Å². The minimum absolute atomic E-state index is 0.198. The number of thiophene rings is 1. The molecule has 2 rings (SSSR count). The van der Waals surface area contributed by atoms with E-state index in [-0.39, 0.29) is 5.13 Å². The molecule has 1 heterocycles. The van der Waals surface area contributed by atoms with Gasteiger partial charge in [0.1, 0.15) is 0 Å². The Morgan fingerprint density at radius 1 is 1.46 bits per heavy atom. The van der Waals surface area contributed by atoms with Gasteiger partial charge >= 0.3 is 0 Å². The van der Waals surface area contributed by atoms with Crippen molar-refractivity contribution in [1.29, 1.82) is 0 Å². The zero-order valence-corrected chi connectivity index (χ0v) is 9.40. The Hall–Kier alpha value is -0.190. The molecule has 68 valence electrons. The fraction of sp³-hybridized carbons (Fsp3) is 0.111. The maximum atomic E-state index is 13.1. The number of benzene rings is 1. The van der Waals surface area contributed by atoms with Gasteiger partial charge < -0.3 is 0 Å². The van der Waals surface area contributed by atoms with Crippen LogP contribution in [-0.2, 0) is 0 Å². The number of halogens is 1. The van der Waals surface area contributed by atoms with Gasteiger partial charge in [0.05, 0.1) is 4.90 Å². The smallest absolute Gasteiger partial charge is 0.190 e. The van der Waals surface area contributed by atoms with Crippen LogP contribution in [0.5, 0.6) is 0 Å². The van der Waals surface area contributed by atoms with Crippen LogP contribution in [0, 0.1) is 5.13 Å². The zero-order valence-electron chi connectivity index (χ0n) is 6.87. The molecule has 0 atom stereocenters. The van der Waals surface area contributed by atoms with Crippen LogP contribution in [0.3, 0.4) is 0 Å². The van der Waals surface area contributed by atoms with Crippen molar-refractivity contribution in [1.82, 2.24) is 0 Å². The standard InChI is InChI=1S/C9H7FS3/c1-12-5-2-3-6-7(4-5)13-9(10)8(6)11/h2-4,11H,1H3. The molecule has 0 bridgehead atoms. The minimum Gasteiger partial charge on any atom is -0.194 e. The van der Waals surface area contributed by atoms with E-state index >= 15 is 0 Å². The monoisotopic (exact) mass is 230 g/mol. The van der Waals surface area contributed by atoms with Crippen LogP contribution in [0.2, 0.25) is 0 Å². The Morgan fingerprint density at radius 3 is 2.92 bits per heavy atom.